The number of nitrogens with two attached hydrogens (primary N) is 1. The maximum atomic E-state index is 11.6. The summed E-state index contributed by atoms with van der Waals surface area (Å²) in [6, 6.07) is 0. The van der Waals surface area contributed by atoms with Gasteiger partial charge in [-0.1, -0.05) is 19.8 Å². The van der Waals surface area contributed by atoms with Gasteiger partial charge in [-0.25, -0.2) is 0 Å². The first-order chi connectivity index (χ1) is 8.61. The van der Waals surface area contributed by atoms with Crippen molar-refractivity contribution < 1.29 is 4.79 Å². The van der Waals surface area contributed by atoms with Crippen LogP contribution in [0.1, 0.15) is 33.1 Å². The largest absolute Gasteiger partial charge is 0.355 e. The molecule has 0 aromatic carbocycles. The molecule has 104 valence electrons. The molecule has 0 radical (unpaired) electrons. The van der Waals surface area contributed by atoms with E-state index in [1.165, 1.54) is 0 Å². The third-order valence-electron chi connectivity index (χ3n) is 2.98. The van der Waals surface area contributed by atoms with Crippen LogP contribution in [0.5, 0.6) is 0 Å². The van der Waals surface area contributed by atoms with Gasteiger partial charge in [0.1, 0.15) is 0 Å². The molecular formula is C14H26N2OS. The second-order valence-corrected chi connectivity index (χ2v) is 5.83. The quantitative estimate of drug-likeness (QED) is 0.471. The molecule has 18 heavy (non-hydrogen) atoms. The van der Waals surface area contributed by atoms with Crippen LogP contribution in [0, 0.1) is 24.2 Å². The maximum Gasteiger partial charge on any atom is 0.220 e. The van der Waals surface area contributed by atoms with Gasteiger partial charge in [0.15, 0.2) is 0 Å². The van der Waals surface area contributed by atoms with Gasteiger partial charge in [-0.15, -0.1) is 18.2 Å². The summed E-state index contributed by atoms with van der Waals surface area (Å²) < 4.78 is 0. The van der Waals surface area contributed by atoms with E-state index >= 15 is 0 Å². The summed E-state index contributed by atoms with van der Waals surface area (Å²) in [7, 11) is 0. The lowest BCUT2D eigenvalue weighted by Gasteiger charge is -2.19. The highest BCUT2D eigenvalue weighted by Gasteiger charge is 2.14. The third-order valence-corrected chi connectivity index (χ3v) is 3.84. The second kappa shape index (κ2) is 11.4. The predicted octanol–water partition coefficient (Wildman–Crippen LogP) is 1.87. The Morgan fingerprint density at radius 2 is 2.17 bits per heavy atom. The van der Waals surface area contributed by atoms with Crippen LogP contribution in [0.25, 0.3) is 0 Å². The zero-order valence-corrected chi connectivity index (χ0v) is 12.4. The van der Waals surface area contributed by atoms with Crippen LogP contribution < -0.4 is 11.1 Å². The van der Waals surface area contributed by atoms with E-state index in [0.717, 1.165) is 18.6 Å². The van der Waals surface area contributed by atoms with Crippen molar-refractivity contribution in [2.45, 2.75) is 33.1 Å². The van der Waals surface area contributed by atoms with Gasteiger partial charge in [-0.3, -0.25) is 4.79 Å². The van der Waals surface area contributed by atoms with Gasteiger partial charge in [0.05, 0.1) is 5.75 Å². The molecule has 4 heteroatoms. The number of thioether (sulfide) groups is 1. The van der Waals surface area contributed by atoms with Crippen LogP contribution in [0.15, 0.2) is 0 Å². The van der Waals surface area contributed by atoms with Crippen molar-refractivity contribution in [2.75, 3.05) is 24.6 Å². The molecule has 1 unspecified atom stereocenters. The Bertz CT molecular complexity index is 261. The van der Waals surface area contributed by atoms with E-state index in [1.54, 1.807) is 11.8 Å². The van der Waals surface area contributed by atoms with Crippen molar-refractivity contribution in [2.24, 2.45) is 17.6 Å². The average Bonchev–Trinajstić information content (AvgIpc) is 2.33. The minimum atomic E-state index is 0.138. The molecule has 0 aliphatic heterocycles. The monoisotopic (exact) mass is 270 g/mol. The minimum Gasteiger partial charge on any atom is -0.355 e. The lowest BCUT2D eigenvalue weighted by atomic mass is 9.88. The van der Waals surface area contributed by atoms with E-state index in [-0.39, 0.29) is 5.91 Å². The molecule has 0 spiro atoms. The summed E-state index contributed by atoms with van der Waals surface area (Å²) in [5.41, 5.74) is 5.58. The van der Waals surface area contributed by atoms with Gasteiger partial charge in [-0.05, 0) is 31.2 Å². The molecule has 0 fully saturated rings. The molecule has 0 aliphatic rings. The van der Waals surface area contributed by atoms with E-state index in [1.807, 2.05) is 0 Å². The number of carbonyl (C=O) groups is 1. The smallest absolute Gasteiger partial charge is 0.220 e. The van der Waals surface area contributed by atoms with Crippen LogP contribution in [-0.4, -0.2) is 30.5 Å². The minimum absolute atomic E-state index is 0.138. The molecule has 0 aromatic rings. The highest BCUT2D eigenvalue weighted by atomic mass is 32.2. The number of hydrogen-bond acceptors (Lipinski definition) is 3. The topological polar surface area (TPSA) is 55.1 Å². The molecular weight excluding hydrogens is 244 g/mol. The van der Waals surface area contributed by atoms with E-state index in [2.05, 4.69) is 25.1 Å². The molecule has 0 aliphatic carbocycles. The Hall–Kier alpha value is -0.660. The van der Waals surface area contributed by atoms with Crippen molar-refractivity contribution in [1.29, 1.82) is 0 Å². The fourth-order valence-corrected chi connectivity index (χ4v) is 2.33. The molecule has 0 aromatic heterocycles. The van der Waals surface area contributed by atoms with Crippen molar-refractivity contribution in [3.8, 4) is 12.3 Å². The lowest BCUT2D eigenvalue weighted by molar-refractivity contribution is -0.121. The average molecular weight is 270 g/mol. The SMILES string of the molecule is C#CCSCCNC(=O)CCC(CCN)C(C)C. The van der Waals surface area contributed by atoms with Gasteiger partial charge in [0.25, 0.3) is 0 Å². The third kappa shape index (κ3) is 9.38. The molecule has 0 saturated heterocycles. The van der Waals surface area contributed by atoms with Crippen molar-refractivity contribution >= 4 is 17.7 Å². The number of carbonyl (C=O) groups excluding carboxylic acids is 1. The summed E-state index contributed by atoms with van der Waals surface area (Å²) in [5, 5.41) is 2.92. The van der Waals surface area contributed by atoms with E-state index in [9.17, 15) is 4.79 Å². The van der Waals surface area contributed by atoms with Gasteiger partial charge < -0.3 is 11.1 Å². The lowest BCUT2D eigenvalue weighted by Crippen LogP contribution is -2.27. The van der Waals surface area contributed by atoms with Crippen molar-refractivity contribution in [1.82, 2.24) is 5.32 Å². The fraction of sp³-hybridized carbons (Fsp3) is 0.786. The van der Waals surface area contributed by atoms with Crippen LogP contribution in [0.2, 0.25) is 0 Å². The maximum absolute atomic E-state index is 11.6. The van der Waals surface area contributed by atoms with E-state index in [4.69, 9.17) is 12.2 Å². The van der Waals surface area contributed by atoms with Crippen LogP contribution in [-0.2, 0) is 4.79 Å². The Kier molecular flexibility index (Phi) is 11.0. The Balaban J connectivity index is 3.65. The van der Waals surface area contributed by atoms with Crippen LogP contribution in [0.4, 0.5) is 0 Å². The first-order valence-corrected chi connectivity index (χ1v) is 7.75. The second-order valence-electron chi connectivity index (χ2n) is 4.73. The summed E-state index contributed by atoms with van der Waals surface area (Å²) in [6.07, 6.45) is 7.67. The highest BCUT2D eigenvalue weighted by molar-refractivity contribution is 7.99. The van der Waals surface area contributed by atoms with Gasteiger partial charge in [-0.2, -0.15) is 0 Å². The normalized spacial score (nSPS) is 12.2. The van der Waals surface area contributed by atoms with E-state index in [0.29, 0.717) is 37.1 Å². The predicted molar refractivity (Wildman–Crippen MR) is 80.4 cm³/mol. The molecule has 3 N–H and O–H groups in total. The van der Waals surface area contributed by atoms with Gasteiger partial charge >= 0.3 is 0 Å². The summed E-state index contributed by atoms with van der Waals surface area (Å²) >= 11 is 1.67. The Morgan fingerprint density at radius 1 is 1.44 bits per heavy atom. The van der Waals surface area contributed by atoms with Crippen LogP contribution in [0.3, 0.4) is 0 Å². The molecule has 0 saturated carbocycles. The van der Waals surface area contributed by atoms with Crippen LogP contribution >= 0.6 is 11.8 Å². The first kappa shape index (κ1) is 17.3. The molecule has 1 amide bonds. The molecule has 0 heterocycles. The Morgan fingerprint density at radius 3 is 2.72 bits per heavy atom. The molecule has 3 nitrogen and oxygen atoms in total. The number of hydrogen-bond donors (Lipinski definition) is 2. The summed E-state index contributed by atoms with van der Waals surface area (Å²) in [5.74, 6) is 5.43. The number of amides is 1. The summed E-state index contributed by atoms with van der Waals surface area (Å²) in [4.78, 5) is 11.6. The van der Waals surface area contributed by atoms with Crippen molar-refractivity contribution in [3.05, 3.63) is 0 Å². The summed E-state index contributed by atoms with van der Waals surface area (Å²) in [6.45, 7) is 5.78. The van der Waals surface area contributed by atoms with E-state index < -0.39 is 0 Å². The zero-order valence-electron chi connectivity index (χ0n) is 11.6. The fourth-order valence-electron chi connectivity index (χ4n) is 1.82. The van der Waals surface area contributed by atoms with Gasteiger partial charge in [0, 0.05) is 18.7 Å². The number of terminal acetylenes is 1. The Labute approximate surface area is 116 Å². The van der Waals surface area contributed by atoms with Gasteiger partial charge in [0.2, 0.25) is 5.91 Å². The van der Waals surface area contributed by atoms with Crippen molar-refractivity contribution in [3.63, 3.8) is 0 Å². The number of rotatable bonds is 10. The standard InChI is InChI=1S/C14H26N2OS/c1-4-10-18-11-9-16-14(17)6-5-13(7-8-15)12(2)3/h1,12-13H,5-11,15H2,2-3H3,(H,16,17). The number of nitrogens with one attached hydrogen (secondary N) is 1. The zero-order chi connectivity index (χ0) is 13.8. The first-order valence-electron chi connectivity index (χ1n) is 6.59. The molecule has 0 rings (SSSR count). The highest BCUT2D eigenvalue weighted by Crippen LogP contribution is 2.20. The molecule has 0 bridgehead atoms. The molecule has 1 atom stereocenters.